The van der Waals surface area contributed by atoms with Crippen molar-refractivity contribution >= 4 is 5.65 Å². The molecule has 2 aromatic carbocycles. The molecule has 0 fully saturated rings. The second-order valence-electron chi connectivity index (χ2n) is 5.85. The zero-order valence-electron chi connectivity index (χ0n) is 13.3. The van der Waals surface area contributed by atoms with Crippen molar-refractivity contribution in [3.8, 4) is 17.0 Å². The van der Waals surface area contributed by atoms with Crippen LogP contribution in [0.4, 0.5) is 0 Å². The summed E-state index contributed by atoms with van der Waals surface area (Å²) in [6, 6.07) is 20.4. The van der Waals surface area contributed by atoms with E-state index in [2.05, 4.69) is 65.5 Å². The van der Waals surface area contributed by atoms with Crippen molar-refractivity contribution in [3.63, 3.8) is 0 Å². The Morgan fingerprint density at radius 1 is 0.917 bits per heavy atom. The van der Waals surface area contributed by atoms with Crippen LogP contribution in [0, 0.1) is 0 Å². The third kappa shape index (κ3) is 2.42. The van der Waals surface area contributed by atoms with Gasteiger partial charge in [-0.1, -0.05) is 61.5 Å². The van der Waals surface area contributed by atoms with Crippen LogP contribution in [0.5, 0.6) is 5.88 Å². The van der Waals surface area contributed by atoms with E-state index in [9.17, 15) is 5.11 Å². The minimum atomic E-state index is 0.0839. The van der Waals surface area contributed by atoms with E-state index in [-0.39, 0.29) is 5.88 Å². The molecule has 0 radical (unpaired) electrons. The summed E-state index contributed by atoms with van der Waals surface area (Å²) < 4.78 is 1.44. The second kappa shape index (κ2) is 5.81. The number of rotatable bonds is 3. The average Bonchev–Trinajstić information content (AvgIpc) is 3.07. The summed E-state index contributed by atoms with van der Waals surface area (Å²) in [6.45, 7) is 2.21. The molecule has 4 heteroatoms. The first-order chi connectivity index (χ1) is 11.7. The first-order valence-corrected chi connectivity index (χ1v) is 7.91. The smallest absolute Gasteiger partial charge is 0.215 e. The van der Waals surface area contributed by atoms with Crippen LogP contribution in [0.1, 0.15) is 24.0 Å². The van der Waals surface area contributed by atoms with Crippen LogP contribution in [-0.2, 0) is 0 Å². The van der Waals surface area contributed by atoms with E-state index in [0.717, 1.165) is 11.1 Å². The number of nitrogens with zero attached hydrogens (tertiary/aromatic N) is 3. The number of hydrogen-bond donors (Lipinski definition) is 1. The van der Waals surface area contributed by atoms with Gasteiger partial charge in [-0.05, 0) is 16.7 Å². The van der Waals surface area contributed by atoms with Crippen LogP contribution in [-0.4, -0.2) is 19.7 Å². The van der Waals surface area contributed by atoms with Gasteiger partial charge >= 0.3 is 0 Å². The van der Waals surface area contributed by atoms with E-state index in [1.54, 1.807) is 12.4 Å². The standard InChI is InChI=1S/C20H17N3O/c1-14(15-5-3-2-4-6-15)16-7-9-17(10-8-16)18-13-22-23-19(24)11-12-21-20(18)23/h2-14,24H,1H3. The molecule has 0 spiro atoms. The van der Waals surface area contributed by atoms with Gasteiger partial charge < -0.3 is 5.11 Å². The molecule has 24 heavy (non-hydrogen) atoms. The maximum absolute atomic E-state index is 9.83. The van der Waals surface area contributed by atoms with Crippen molar-refractivity contribution in [2.75, 3.05) is 0 Å². The molecular formula is C20H17N3O. The van der Waals surface area contributed by atoms with E-state index in [0.29, 0.717) is 11.6 Å². The summed E-state index contributed by atoms with van der Waals surface area (Å²) in [5.74, 6) is 0.423. The lowest BCUT2D eigenvalue weighted by Crippen LogP contribution is -1.95. The quantitative estimate of drug-likeness (QED) is 0.615. The molecule has 1 atom stereocenters. The maximum atomic E-state index is 9.83. The monoisotopic (exact) mass is 315 g/mol. The average molecular weight is 315 g/mol. The molecule has 0 aliphatic heterocycles. The summed E-state index contributed by atoms with van der Waals surface area (Å²) >= 11 is 0. The molecule has 4 aromatic rings. The number of fused-ring (bicyclic) bond motifs is 1. The summed E-state index contributed by atoms with van der Waals surface area (Å²) in [5.41, 5.74) is 5.15. The molecule has 118 valence electrons. The minimum absolute atomic E-state index is 0.0839. The van der Waals surface area contributed by atoms with Gasteiger partial charge in [0.1, 0.15) is 0 Å². The van der Waals surface area contributed by atoms with Gasteiger partial charge in [0, 0.05) is 23.7 Å². The fourth-order valence-corrected chi connectivity index (χ4v) is 2.97. The SMILES string of the molecule is CC(c1ccccc1)c1ccc(-c2cnn3c(O)ccnc23)cc1. The number of aromatic nitrogens is 3. The topological polar surface area (TPSA) is 50.4 Å². The van der Waals surface area contributed by atoms with Crippen molar-refractivity contribution in [3.05, 3.63) is 84.2 Å². The summed E-state index contributed by atoms with van der Waals surface area (Å²) in [4.78, 5) is 4.32. The summed E-state index contributed by atoms with van der Waals surface area (Å²) in [7, 11) is 0. The largest absolute Gasteiger partial charge is 0.493 e. The molecule has 1 unspecified atom stereocenters. The Hall–Kier alpha value is -3.14. The van der Waals surface area contributed by atoms with E-state index in [4.69, 9.17) is 0 Å². The molecule has 4 nitrogen and oxygen atoms in total. The Labute approximate surface area is 140 Å². The molecule has 2 aromatic heterocycles. The predicted molar refractivity (Wildman–Crippen MR) is 94.0 cm³/mol. The highest BCUT2D eigenvalue weighted by Crippen LogP contribution is 2.29. The van der Waals surface area contributed by atoms with Gasteiger partial charge in [0.25, 0.3) is 0 Å². The van der Waals surface area contributed by atoms with Gasteiger partial charge in [0.05, 0.1) is 6.20 Å². The van der Waals surface area contributed by atoms with E-state index >= 15 is 0 Å². The first kappa shape index (κ1) is 14.5. The molecule has 0 saturated heterocycles. The molecule has 0 aliphatic rings. The zero-order chi connectivity index (χ0) is 16.5. The molecule has 0 amide bonds. The van der Waals surface area contributed by atoms with Crippen LogP contribution in [0.3, 0.4) is 0 Å². The number of aromatic hydroxyl groups is 1. The Balaban J connectivity index is 1.70. The molecule has 0 aliphatic carbocycles. The van der Waals surface area contributed by atoms with Crippen molar-refractivity contribution in [1.29, 1.82) is 0 Å². The van der Waals surface area contributed by atoms with Crippen LogP contribution >= 0.6 is 0 Å². The fourth-order valence-electron chi connectivity index (χ4n) is 2.97. The highest BCUT2D eigenvalue weighted by Gasteiger charge is 2.12. The van der Waals surface area contributed by atoms with Crippen LogP contribution in [0.15, 0.2) is 73.1 Å². The van der Waals surface area contributed by atoms with Crippen molar-refractivity contribution in [2.24, 2.45) is 0 Å². The second-order valence-corrected chi connectivity index (χ2v) is 5.85. The normalized spacial score (nSPS) is 12.4. The molecule has 2 heterocycles. The van der Waals surface area contributed by atoms with Gasteiger partial charge in [-0.2, -0.15) is 9.61 Å². The van der Waals surface area contributed by atoms with Crippen molar-refractivity contribution in [2.45, 2.75) is 12.8 Å². The Morgan fingerprint density at radius 3 is 2.38 bits per heavy atom. The molecule has 0 bridgehead atoms. The third-order valence-corrected chi connectivity index (χ3v) is 4.40. The van der Waals surface area contributed by atoms with Crippen LogP contribution in [0.25, 0.3) is 16.8 Å². The Morgan fingerprint density at radius 2 is 1.62 bits per heavy atom. The van der Waals surface area contributed by atoms with E-state index < -0.39 is 0 Å². The number of hydrogen-bond acceptors (Lipinski definition) is 3. The van der Waals surface area contributed by atoms with Gasteiger partial charge in [-0.3, -0.25) is 0 Å². The lowest BCUT2D eigenvalue weighted by Gasteiger charge is -2.12. The lowest BCUT2D eigenvalue weighted by molar-refractivity contribution is 0.435. The zero-order valence-corrected chi connectivity index (χ0v) is 13.3. The molecule has 0 saturated carbocycles. The highest BCUT2D eigenvalue weighted by molar-refractivity contribution is 5.77. The maximum Gasteiger partial charge on any atom is 0.215 e. The number of benzene rings is 2. The van der Waals surface area contributed by atoms with Crippen molar-refractivity contribution < 1.29 is 5.11 Å². The van der Waals surface area contributed by atoms with Gasteiger partial charge in [0.2, 0.25) is 5.88 Å². The van der Waals surface area contributed by atoms with E-state index in [1.165, 1.54) is 21.7 Å². The van der Waals surface area contributed by atoms with Crippen molar-refractivity contribution in [1.82, 2.24) is 14.6 Å². The summed E-state index contributed by atoms with van der Waals surface area (Å²) in [5, 5.41) is 14.0. The Bertz CT molecular complexity index is 975. The lowest BCUT2D eigenvalue weighted by atomic mass is 9.92. The van der Waals surface area contributed by atoms with E-state index in [1.807, 2.05) is 6.07 Å². The molecule has 4 rings (SSSR count). The van der Waals surface area contributed by atoms with Crippen LogP contribution in [0.2, 0.25) is 0 Å². The van der Waals surface area contributed by atoms with Gasteiger partial charge in [-0.15, -0.1) is 0 Å². The summed E-state index contributed by atoms with van der Waals surface area (Å²) in [6.07, 6.45) is 3.32. The molecular weight excluding hydrogens is 298 g/mol. The minimum Gasteiger partial charge on any atom is -0.493 e. The van der Waals surface area contributed by atoms with Crippen LogP contribution < -0.4 is 0 Å². The first-order valence-electron chi connectivity index (χ1n) is 7.91. The molecule has 1 N–H and O–H groups in total. The van der Waals surface area contributed by atoms with Gasteiger partial charge in [0.15, 0.2) is 5.65 Å². The van der Waals surface area contributed by atoms with Gasteiger partial charge in [-0.25, -0.2) is 4.98 Å². The predicted octanol–water partition coefficient (Wildman–Crippen LogP) is 4.25. The highest BCUT2D eigenvalue weighted by atomic mass is 16.3. The Kier molecular flexibility index (Phi) is 3.50. The third-order valence-electron chi connectivity index (χ3n) is 4.40. The fraction of sp³-hybridized carbons (Fsp3) is 0.100.